The van der Waals surface area contributed by atoms with Crippen molar-refractivity contribution in [1.29, 1.82) is 0 Å². The Balaban J connectivity index is 1.03. The molecule has 7 fully saturated rings. The average Bonchev–Trinajstić information content (AvgIpc) is 3.25. The first-order valence-electron chi connectivity index (χ1n) is 23.9. The summed E-state index contributed by atoms with van der Waals surface area (Å²) in [6, 6.07) is 0. The maximum absolute atomic E-state index is 15.0. The van der Waals surface area contributed by atoms with Crippen LogP contribution in [0.2, 0.25) is 0 Å². The minimum absolute atomic E-state index is 0.123. The van der Waals surface area contributed by atoms with Gasteiger partial charge in [0, 0.05) is 5.92 Å². The summed E-state index contributed by atoms with van der Waals surface area (Å²) in [5.41, 5.74) is -2.67. The lowest BCUT2D eigenvalue weighted by Crippen LogP contribution is -2.68. The number of rotatable bonds is 8. The van der Waals surface area contributed by atoms with Crippen LogP contribution in [0.1, 0.15) is 106 Å². The van der Waals surface area contributed by atoms with Gasteiger partial charge in [0.1, 0.15) is 67.1 Å². The summed E-state index contributed by atoms with van der Waals surface area (Å²) < 4.78 is 35.2. The number of carbonyl (C=O) groups excluding carboxylic acids is 1. The first kappa shape index (κ1) is 50.0. The fourth-order valence-corrected chi connectivity index (χ4v) is 14.9. The van der Waals surface area contributed by atoms with Crippen molar-refractivity contribution in [1.82, 2.24) is 0 Å². The Labute approximate surface area is 380 Å². The van der Waals surface area contributed by atoms with Gasteiger partial charge in [-0.05, 0) is 104 Å². The zero-order valence-electron chi connectivity index (χ0n) is 38.8. The highest BCUT2D eigenvalue weighted by Crippen LogP contribution is 2.76. The molecule has 4 saturated carbocycles. The smallest absolute Gasteiger partial charge is 0.315 e. The Morgan fingerprint density at radius 3 is 2.02 bits per heavy atom. The van der Waals surface area contributed by atoms with Crippen molar-refractivity contribution in [2.45, 2.75) is 204 Å². The van der Waals surface area contributed by atoms with Gasteiger partial charge in [0.05, 0.1) is 36.9 Å². The third kappa shape index (κ3) is 7.62. The number of hydrogen-bond acceptors (Lipinski definition) is 18. The molecule has 3 heterocycles. The highest BCUT2D eigenvalue weighted by atomic mass is 16.7. The Morgan fingerprint density at radius 1 is 0.708 bits per heavy atom. The van der Waals surface area contributed by atoms with Gasteiger partial charge in [0.2, 0.25) is 6.29 Å². The van der Waals surface area contributed by atoms with Crippen LogP contribution in [0.15, 0.2) is 11.6 Å². The SMILES string of the molecule is C[C@@H]1CC[C@]2(C(=O)O[C@@H]3O[C@H](CO[C@@H]4O[C@H](CO)[C@@H](O)[C@H](O)[C@H]4O)[C@@H](O)[C@H](O)[C@H]3O)CC[C@]3(C)C(=CC[C@@H]4[C@@]5(C)CC[C@H](O[C@@H]6OC[C@H](O)[C@H](O)[C@H]6O)C(C)(C)[C@@H]5CC[C@]43C)[C@@H]2[C@]1(C)O. The summed E-state index contributed by atoms with van der Waals surface area (Å²) in [5, 5.41) is 117. The van der Waals surface area contributed by atoms with E-state index in [1.807, 2.05) is 6.92 Å². The molecule has 3 aliphatic heterocycles. The summed E-state index contributed by atoms with van der Waals surface area (Å²) in [6.45, 7) is 13.9. The summed E-state index contributed by atoms with van der Waals surface area (Å²) >= 11 is 0. The molecular weight excluding hydrogens is 852 g/mol. The number of aliphatic hydroxyl groups excluding tert-OH is 10. The molecule has 0 bridgehead atoms. The highest BCUT2D eigenvalue weighted by Gasteiger charge is 2.72. The van der Waals surface area contributed by atoms with Crippen LogP contribution < -0.4 is 0 Å². The molecule has 8 aliphatic rings. The first-order valence-corrected chi connectivity index (χ1v) is 23.9. The van der Waals surface area contributed by atoms with Gasteiger partial charge >= 0.3 is 5.97 Å². The van der Waals surface area contributed by atoms with Gasteiger partial charge in [-0.3, -0.25) is 4.79 Å². The predicted molar refractivity (Wildman–Crippen MR) is 226 cm³/mol. The molecule has 0 radical (unpaired) electrons. The first-order chi connectivity index (χ1) is 30.3. The molecule has 3 saturated heterocycles. The number of aliphatic hydroxyl groups is 11. The molecule has 11 N–H and O–H groups in total. The van der Waals surface area contributed by atoms with Crippen molar-refractivity contribution in [2.75, 3.05) is 19.8 Å². The summed E-state index contributed by atoms with van der Waals surface area (Å²) in [5.74, 6) is -1.07. The normalized spacial score (nSPS) is 55.4. The highest BCUT2D eigenvalue weighted by molar-refractivity contribution is 5.79. The molecule has 0 unspecified atom stereocenters. The predicted octanol–water partition coefficient (Wildman–Crippen LogP) is -0.250. The van der Waals surface area contributed by atoms with E-state index in [9.17, 15) is 56.2 Å². The zero-order valence-corrected chi connectivity index (χ0v) is 38.8. The lowest BCUT2D eigenvalue weighted by atomic mass is 9.33. The lowest BCUT2D eigenvalue weighted by molar-refractivity contribution is -0.329. The van der Waals surface area contributed by atoms with Gasteiger partial charge in [-0.25, -0.2) is 0 Å². The van der Waals surface area contributed by atoms with Gasteiger partial charge in [-0.15, -0.1) is 0 Å². The third-order valence-electron chi connectivity index (χ3n) is 19.3. The van der Waals surface area contributed by atoms with Gasteiger partial charge in [0.25, 0.3) is 0 Å². The monoisotopic (exact) mass is 929 g/mol. The topological polar surface area (TPSA) is 295 Å². The van der Waals surface area contributed by atoms with Crippen molar-refractivity contribution >= 4 is 5.97 Å². The number of hydrogen-bond donors (Lipinski definition) is 11. The average molecular weight is 929 g/mol. The molecule has 0 amide bonds. The molecule has 65 heavy (non-hydrogen) atoms. The van der Waals surface area contributed by atoms with Crippen LogP contribution in [-0.2, 0) is 33.2 Å². The molecule has 8 rings (SSSR count). The van der Waals surface area contributed by atoms with Crippen molar-refractivity contribution < 1.29 is 89.4 Å². The third-order valence-corrected chi connectivity index (χ3v) is 19.3. The van der Waals surface area contributed by atoms with Gasteiger partial charge < -0.3 is 84.6 Å². The van der Waals surface area contributed by atoms with E-state index in [0.29, 0.717) is 32.1 Å². The molecule has 5 aliphatic carbocycles. The fraction of sp³-hybridized carbons (Fsp3) is 0.936. The second-order valence-electron chi connectivity index (χ2n) is 22.7. The number of fused-ring (bicyclic) bond motifs is 7. The van der Waals surface area contributed by atoms with Crippen molar-refractivity contribution in [3.63, 3.8) is 0 Å². The van der Waals surface area contributed by atoms with E-state index < -0.39 is 128 Å². The van der Waals surface area contributed by atoms with E-state index >= 15 is 4.79 Å². The summed E-state index contributed by atoms with van der Waals surface area (Å²) in [7, 11) is 0. The Morgan fingerprint density at radius 2 is 1.34 bits per heavy atom. The van der Waals surface area contributed by atoms with Crippen molar-refractivity contribution in [3.05, 3.63) is 11.6 Å². The van der Waals surface area contributed by atoms with Crippen molar-refractivity contribution in [2.24, 2.45) is 50.7 Å². The lowest BCUT2D eigenvalue weighted by Gasteiger charge is -2.72. The van der Waals surface area contributed by atoms with Crippen LogP contribution in [0, 0.1) is 50.7 Å². The molecule has 0 aromatic carbocycles. The standard InChI is InChI=1S/C47H76O18/c1-21-10-15-47(41(58)65-40-36(57)33(54)31(52)25(63-40)20-61-38-35(56)32(53)30(51)24(18-48)62-38)17-16-44(5)22(37(47)46(21,7)59)8-9-27-43(4)13-12-28(42(2,3)26(43)11-14-45(27,44)6)64-39-34(55)29(50)23(49)19-60-39/h8,21,23-40,48-57,59H,9-20H2,1-7H3/t21-,23+,24-,25-,26+,27-,28+,29+,30-,31-,32+,33+,34-,35-,36-,37-,38-,39+,40+,43+,44-,45-,46-,47+/m1/s1. The molecule has 0 aromatic heterocycles. The van der Waals surface area contributed by atoms with Crippen LogP contribution >= 0.6 is 0 Å². The molecule has 372 valence electrons. The summed E-state index contributed by atoms with van der Waals surface area (Å²) in [6.07, 6.45) is -13.6. The number of ether oxygens (including phenoxy) is 6. The van der Waals surface area contributed by atoms with E-state index in [1.165, 1.54) is 0 Å². The van der Waals surface area contributed by atoms with Crippen LogP contribution in [0.3, 0.4) is 0 Å². The fourth-order valence-electron chi connectivity index (χ4n) is 14.9. The van der Waals surface area contributed by atoms with Crippen LogP contribution in [0.25, 0.3) is 0 Å². The summed E-state index contributed by atoms with van der Waals surface area (Å²) in [4.78, 5) is 15.0. The van der Waals surface area contributed by atoms with Crippen LogP contribution in [-0.4, -0.2) is 180 Å². The largest absolute Gasteiger partial charge is 0.432 e. The van der Waals surface area contributed by atoms with E-state index in [0.717, 1.165) is 31.3 Å². The number of carbonyl (C=O) groups is 1. The minimum Gasteiger partial charge on any atom is -0.432 e. The molecule has 24 atom stereocenters. The van der Waals surface area contributed by atoms with E-state index in [4.69, 9.17) is 28.4 Å². The zero-order chi connectivity index (χ0) is 47.6. The Hall–Kier alpha value is -1.43. The molecular formula is C47H76O18. The maximum atomic E-state index is 15.0. The molecule has 0 spiro atoms. The van der Waals surface area contributed by atoms with Crippen LogP contribution in [0.5, 0.6) is 0 Å². The molecule has 0 aromatic rings. The maximum Gasteiger partial charge on any atom is 0.315 e. The quantitative estimate of drug-likeness (QED) is 0.0850. The Kier molecular flexibility index (Phi) is 13.4. The molecule has 18 nitrogen and oxygen atoms in total. The second-order valence-corrected chi connectivity index (χ2v) is 22.7. The van der Waals surface area contributed by atoms with Gasteiger partial charge in [-0.1, -0.05) is 53.2 Å². The molecule has 18 heteroatoms. The van der Waals surface area contributed by atoms with E-state index in [-0.39, 0.29) is 46.7 Å². The van der Waals surface area contributed by atoms with Crippen LogP contribution in [0.4, 0.5) is 0 Å². The minimum atomic E-state index is -1.86. The number of esters is 1. The second kappa shape index (κ2) is 17.5. The van der Waals surface area contributed by atoms with Gasteiger partial charge in [0.15, 0.2) is 12.6 Å². The van der Waals surface area contributed by atoms with Crippen molar-refractivity contribution in [3.8, 4) is 0 Å². The number of allylic oxidation sites excluding steroid dienone is 1. The van der Waals surface area contributed by atoms with E-state index in [2.05, 4.69) is 40.7 Å². The van der Waals surface area contributed by atoms with E-state index in [1.54, 1.807) is 6.92 Å². The Bertz CT molecular complexity index is 1780. The van der Waals surface area contributed by atoms with Gasteiger partial charge in [-0.2, -0.15) is 0 Å².